The first-order valence-corrected chi connectivity index (χ1v) is 6.99. The van der Waals surface area contributed by atoms with Crippen LogP contribution in [0.4, 0.5) is 0 Å². The molecule has 0 spiro atoms. The second-order valence-electron chi connectivity index (χ2n) is 5.20. The van der Waals surface area contributed by atoms with Gasteiger partial charge in [0, 0.05) is 18.2 Å². The SMILES string of the molecule is COc1ccc2c(cc3n2CCCc2ccccc2-3)n1. The Balaban J connectivity index is 2.02. The van der Waals surface area contributed by atoms with Gasteiger partial charge in [-0.3, -0.25) is 0 Å². The highest BCUT2D eigenvalue weighted by atomic mass is 16.5. The maximum atomic E-state index is 5.23. The Hall–Kier alpha value is -2.29. The van der Waals surface area contributed by atoms with Gasteiger partial charge in [-0.15, -0.1) is 0 Å². The van der Waals surface area contributed by atoms with Crippen LogP contribution in [0.1, 0.15) is 12.0 Å². The predicted molar refractivity (Wildman–Crippen MR) is 80.0 cm³/mol. The van der Waals surface area contributed by atoms with Gasteiger partial charge in [0.05, 0.1) is 23.8 Å². The topological polar surface area (TPSA) is 27.1 Å². The molecule has 1 aliphatic rings. The minimum atomic E-state index is 0.673. The van der Waals surface area contributed by atoms with Gasteiger partial charge in [-0.1, -0.05) is 24.3 Å². The van der Waals surface area contributed by atoms with Crippen molar-refractivity contribution in [1.82, 2.24) is 9.55 Å². The Bertz CT molecular complexity index is 789. The Morgan fingerprint density at radius 1 is 1.15 bits per heavy atom. The smallest absolute Gasteiger partial charge is 0.213 e. The monoisotopic (exact) mass is 264 g/mol. The maximum absolute atomic E-state index is 5.23. The first kappa shape index (κ1) is 11.5. The standard InChI is InChI=1S/C17H16N2O/c1-20-17-9-8-15-14(18-17)11-16-13-7-3-2-5-12(13)6-4-10-19(15)16/h2-3,5,7-9,11H,4,6,10H2,1H3. The molecule has 0 saturated carbocycles. The molecule has 1 aromatic carbocycles. The number of hydrogen-bond acceptors (Lipinski definition) is 2. The first-order valence-electron chi connectivity index (χ1n) is 6.99. The van der Waals surface area contributed by atoms with E-state index < -0.39 is 0 Å². The largest absolute Gasteiger partial charge is 0.481 e. The number of hydrogen-bond donors (Lipinski definition) is 0. The molecule has 0 amide bonds. The summed E-state index contributed by atoms with van der Waals surface area (Å²) >= 11 is 0. The van der Waals surface area contributed by atoms with Crippen LogP contribution in [0.25, 0.3) is 22.3 Å². The molecule has 0 unspecified atom stereocenters. The van der Waals surface area contributed by atoms with Gasteiger partial charge in [0.1, 0.15) is 0 Å². The molecule has 3 heteroatoms. The normalized spacial score (nSPS) is 13.7. The van der Waals surface area contributed by atoms with Gasteiger partial charge in [0.2, 0.25) is 5.88 Å². The summed E-state index contributed by atoms with van der Waals surface area (Å²) < 4.78 is 7.61. The Morgan fingerprint density at radius 2 is 2.05 bits per heavy atom. The van der Waals surface area contributed by atoms with Gasteiger partial charge in [-0.05, 0) is 30.5 Å². The summed E-state index contributed by atoms with van der Waals surface area (Å²) in [5, 5.41) is 0. The number of rotatable bonds is 1. The zero-order valence-electron chi connectivity index (χ0n) is 11.5. The number of ether oxygens (including phenoxy) is 1. The van der Waals surface area contributed by atoms with Crippen LogP contribution in [0.3, 0.4) is 0 Å². The lowest BCUT2D eigenvalue weighted by molar-refractivity contribution is 0.399. The number of aromatic nitrogens is 2. The van der Waals surface area contributed by atoms with Crippen LogP contribution in [-0.2, 0) is 13.0 Å². The van der Waals surface area contributed by atoms with Gasteiger partial charge in [-0.25, -0.2) is 4.98 Å². The van der Waals surface area contributed by atoms with Gasteiger partial charge in [0.15, 0.2) is 0 Å². The highest BCUT2D eigenvalue weighted by molar-refractivity contribution is 5.85. The van der Waals surface area contributed by atoms with Gasteiger partial charge < -0.3 is 9.30 Å². The molecule has 3 aromatic rings. The van der Waals surface area contributed by atoms with Crippen molar-refractivity contribution in [2.45, 2.75) is 19.4 Å². The minimum absolute atomic E-state index is 0.673. The van der Waals surface area contributed by atoms with Crippen molar-refractivity contribution >= 4 is 11.0 Å². The van der Waals surface area contributed by atoms with Crippen molar-refractivity contribution in [1.29, 1.82) is 0 Å². The molecule has 4 rings (SSSR count). The van der Waals surface area contributed by atoms with E-state index in [9.17, 15) is 0 Å². The fraction of sp³-hybridized carbons (Fsp3) is 0.235. The molecule has 20 heavy (non-hydrogen) atoms. The van der Waals surface area contributed by atoms with E-state index in [2.05, 4.69) is 45.9 Å². The number of methoxy groups -OCH3 is 1. The third kappa shape index (κ3) is 1.63. The molecule has 0 atom stereocenters. The fourth-order valence-corrected chi connectivity index (χ4v) is 3.11. The number of pyridine rings is 1. The lowest BCUT2D eigenvalue weighted by atomic mass is 10.0. The average Bonchev–Trinajstić information content (AvgIpc) is 2.75. The van der Waals surface area contributed by atoms with E-state index in [-0.39, 0.29) is 0 Å². The summed E-state index contributed by atoms with van der Waals surface area (Å²) in [4.78, 5) is 4.56. The van der Waals surface area contributed by atoms with Crippen LogP contribution >= 0.6 is 0 Å². The molecule has 3 nitrogen and oxygen atoms in total. The first-order chi connectivity index (χ1) is 9.86. The van der Waals surface area contributed by atoms with E-state index in [0.29, 0.717) is 5.88 Å². The van der Waals surface area contributed by atoms with E-state index in [1.165, 1.54) is 28.8 Å². The molecule has 0 saturated heterocycles. The van der Waals surface area contributed by atoms with Crippen LogP contribution in [0.15, 0.2) is 42.5 Å². The molecule has 0 bridgehead atoms. The molecule has 3 heterocycles. The van der Waals surface area contributed by atoms with Crippen molar-refractivity contribution in [3.8, 4) is 17.1 Å². The third-order valence-electron chi connectivity index (χ3n) is 4.06. The summed E-state index contributed by atoms with van der Waals surface area (Å²) in [5.41, 5.74) is 6.24. The molecule has 100 valence electrons. The van der Waals surface area contributed by atoms with Gasteiger partial charge in [0.25, 0.3) is 0 Å². The van der Waals surface area contributed by atoms with Crippen LogP contribution < -0.4 is 4.74 Å². The molecule has 0 fully saturated rings. The van der Waals surface area contributed by atoms with E-state index in [4.69, 9.17) is 4.74 Å². The lowest BCUT2D eigenvalue weighted by Crippen LogP contribution is -1.97. The van der Waals surface area contributed by atoms with Crippen LogP contribution in [0.5, 0.6) is 5.88 Å². The Labute approximate surface area is 117 Å². The number of aryl methyl sites for hydroxylation is 2. The van der Waals surface area contributed by atoms with Crippen LogP contribution in [0.2, 0.25) is 0 Å². The van der Waals surface area contributed by atoms with Gasteiger partial charge in [-0.2, -0.15) is 0 Å². The fourth-order valence-electron chi connectivity index (χ4n) is 3.11. The number of benzene rings is 1. The van der Waals surface area contributed by atoms with E-state index in [1.807, 2.05) is 6.07 Å². The van der Waals surface area contributed by atoms with Crippen molar-refractivity contribution in [3.05, 3.63) is 48.0 Å². The lowest BCUT2D eigenvalue weighted by Gasteiger charge is -2.07. The number of fused-ring (bicyclic) bond motifs is 5. The molecule has 2 aromatic heterocycles. The molecule has 1 aliphatic heterocycles. The zero-order valence-corrected chi connectivity index (χ0v) is 11.5. The van der Waals surface area contributed by atoms with Crippen molar-refractivity contribution in [3.63, 3.8) is 0 Å². The second-order valence-corrected chi connectivity index (χ2v) is 5.20. The van der Waals surface area contributed by atoms with Crippen molar-refractivity contribution in [2.24, 2.45) is 0 Å². The quantitative estimate of drug-likeness (QED) is 0.670. The molecular formula is C17H16N2O. The summed E-state index contributed by atoms with van der Waals surface area (Å²) in [6.07, 6.45) is 2.31. The Kier molecular flexibility index (Phi) is 2.52. The molecule has 0 aliphatic carbocycles. The summed E-state index contributed by atoms with van der Waals surface area (Å²) in [7, 11) is 1.66. The molecule has 0 radical (unpaired) electrons. The van der Waals surface area contributed by atoms with Crippen LogP contribution in [0, 0.1) is 0 Å². The summed E-state index contributed by atoms with van der Waals surface area (Å²) in [5.74, 6) is 0.673. The van der Waals surface area contributed by atoms with Crippen LogP contribution in [-0.4, -0.2) is 16.7 Å². The predicted octanol–water partition coefficient (Wildman–Crippen LogP) is 3.66. The third-order valence-corrected chi connectivity index (χ3v) is 4.06. The highest BCUT2D eigenvalue weighted by Gasteiger charge is 2.17. The van der Waals surface area contributed by atoms with Gasteiger partial charge >= 0.3 is 0 Å². The van der Waals surface area contributed by atoms with Crippen molar-refractivity contribution in [2.75, 3.05) is 7.11 Å². The summed E-state index contributed by atoms with van der Waals surface area (Å²) in [6, 6.07) is 14.9. The van der Waals surface area contributed by atoms with E-state index >= 15 is 0 Å². The maximum Gasteiger partial charge on any atom is 0.213 e. The average molecular weight is 264 g/mol. The van der Waals surface area contributed by atoms with E-state index in [0.717, 1.165) is 18.5 Å². The second kappa shape index (κ2) is 4.37. The Morgan fingerprint density at radius 3 is 2.95 bits per heavy atom. The van der Waals surface area contributed by atoms with Crippen molar-refractivity contribution < 1.29 is 4.74 Å². The molecular weight excluding hydrogens is 248 g/mol. The molecule has 0 N–H and O–H groups in total. The van der Waals surface area contributed by atoms with E-state index in [1.54, 1.807) is 7.11 Å². The zero-order chi connectivity index (χ0) is 13.5. The number of nitrogens with zero attached hydrogens (tertiary/aromatic N) is 2. The minimum Gasteiger partial charge on any atom is -0.481 e. The summed E-state index contributed by atoms with van der Waals surface area (Å²) in [6.45, 7) is 1.04. The highest BCUT2D eigenvalue weighted by Crippen LogP contribution is 2.33.